The molecule has 9 nitrogen and oxygen atoms in total. The molecule has 3 N–H and O–H groups in total. The molecule has 1 atom stereocenters. The molecule has 1 aliphatic rings. The van der Waals surface area contributed by atoms with Gasteiger partial charge in [0.05, 0.1) is 22.4 Å². The van der Waals surface area contributed by atoms with Crippen LogP contribution in [0.25, 0.3) is 11.3 Å². The summed E-state index contributed by atoms with van der Waals surface area (Å²) in [5.41, 5.74) is 2.62. The molecular weight excluding hydrogens is 496 g/mol. The van der Waals surface area contributed by atoms with Crippen LogP contribution in [-0.4, -0.2) is 69.2 Å². The topological polar surface area (TPSA) is 114 Å². The summed E-state index contributed by atoms with van der Waals surface area (Å²) in [5, 5.41) is 11.3. The second-order valence-electron chi connectivity index (χ2n) is 8.31. The molecule has 3 heterocycles. The maximum atomic E-state index is 12.7. The average Bonchev–Trinajstić information content (AvgIpc) is 3.34. The number of pyridine rings is 1. The van der Waals surface area contributed by atoms with Gasteiger partial charge in [0.1, 0.15) is 22.4 Å². The lowest BCUT2D eigenvalue weighted by atomic mass is 10.2. The summed E-state index contributed by atoms with van der Waals surface area (Å²) >= 11 is 1.42. The fourth-order valence-electron chi connectivity index (χ4n) is 3.51. The van der Waals surface area contributed by atoms with E-state index in [1.165, 1.54) is 11.3 Å². The van der Waals surface area contributed by atoms with Gasteiger partial charge in [-0.15, -0.1) is 11.3 Å². The third-order valence-electron chi connectivity index (χ3n) is 5.36. The van der Waals surface area contributed by atoms with E-state index >= 15 is 0 Å². The van der Waals surface area contributed by atoms with E-state index in [9.17, 15) is 9.00 Å². The summed E-state index contributed by atoms with van der Waals surface area (Å²) in [6, 6.07) is 8.74. The van der Waals surface area contributed by atoms with Crippen molar-refractivity contribution >= 4 is 39.0 Å². The highest BCUT2D eigenvalue weighted by atomic mass is 32.2. The lowest BCUT2D eigenvalue weighted by molar-refractivity contribution is 0.0658. The Bertz CT molecular complexity index is 1170. The van der Waals surface area contributed by atoms with Crippen molar-refractivity contribution < 1.29 is 13.7 Å². The van der Waals surface area contributed by atoms with E-state index in [2.05, 4.69) is 27.2 Å². The molecule has 0 aliphatic carbocycles. The van der Waals surface area contributed by atoms with E-state index in [1.807, 2.05) is 44.0 Å². The van der Waals surface area contributed by atoms with Gasteiger partial charge in [-0.1, -0.05) is 13.8 Å². The predicted molar refractivity (Wildman–Crippen MR) is 146 cm³/mol. The summed E-state index contributed by atoms with van der Waals surface area (Å²) in [6.45, 7) is 11.0. The van der Waals surface area contributed by atoms with Crippen molar-refractivity contribution in [3.05, 3.63) is 47.6 Å². The van der Waals surface area contributed by atoms with Gasteiger partial charge in [-0.05, 0) is 51.2 Å². The van der Waals surface area contributed by atoms with Crippen LogP contribution in [0.3, 0.4) is 0 Å². The van der Waals surface area contributed by atoms with Crippen LogP contribution in [0.2, 0.25) is 0 Å². The van der Waals surface area contributed by atoms with Crippen LogP contribution in [0.5, 0.6) is 5.75 Å². The van der Waals surface area contributed by atoms with Gasteiger partial charge in [0, 0.05) is 43.3 Å². The third-order valence-corrected chi connectivity index (χ3v) is 6.84. The van der Waals surface area contributed by atoms with Crippen molar-refractivity contribution in [1.82, 2.24) is 19.8 Å². The number of aromatic nitrogens is 2. The molecule has 1 aliphatic heterocycles. The van der Waals surface area contributed by atoms with Crippen LogP contribution in [0.4, 0.5) is 10.8 Å². The second-order valence-corrected chi connectivity index (χ2v) is 10.2. The van der Waals surface area contributed by atoms with E-state index in [4.69, 9.17) is 9.88 Å². The van der Waals surface area contributed by atoms with Crippen LogP contribution < -0.4 is 15.2 Å². The quantitative estimate of drug-likeness (QED) is 0.472. The number of ether oxygens (including phenoxy) is 1. The number of hydrogen-bond acceptors (Lipinski definition) is 8. The van der Waals surface area contributed by atoms with E-state index in [0.29, 0.717) is 40.2 Å². The maximum Gasteiger partial charge on any atom is 0.272 e. The number of likely N-dealkylation sites (N-methyl/N-ethyl adjacent to an activating group) is 1. The number of anilines is 2. The molecule has 1 unspecified atom stereocenters. The van der Waals surface area contributed by atoms with Gasteiger partial charge in [0.2, 0.25) is 0 Å². The number of amides is 1. The smallest absolute Gasteiger partial charge is 0.272 e. The first-order valence-electron chi connectivity index (χ1n) is 11.9. The zero-order chi connectivity index (χ0) is 26.2. The highest BCUT2D eigenvalue weighted by Crippen LogP contribution is 2.33. The minimum absolute atomic E-state index is 0.0280. The number of nitrogens with zero attached hydrogens (tertiary/aromatic N) is 4. The predicted octanol–water partition coefficient (Wildman–Crippen LogP) is 4.13. The molecule has 36 heavy (non-hydrogen) atoms. The lowest BCUT2D eigenvalue weighted by Crippen LogP contribution is -2.47. The molecule has 0 spiro atoms. The largest absolute Gasteiger partial charge is 0.489 e. The van der Waals surface area contributed by atoms with E-state index in [1.54, 1.807) is 30.5 Å². The summed E-state index contributed by atoms with van der Waals surface area (Å²) in [5.74, 6) is 0.574. The van der Waals surface area contributed by atoms with Crippen LogP contribution in [0.1, 0.15) is 38.2 Å². The number of thiazole rings is 1. The van der Waals surface area contributed by atoms with Crippen molar-refractivity contribution in [1.29, 1.82) is 0 Å². The first-order chi connectivity index (χ1) is 17.3. The molecule has 1 fully saturated rings. The number of carbonyl (C=O) groups is 1. The van der Waals surface area contributed by atoms with Crippen molar-refractivity contribution in [3.63, 3.8) is 0 Å². The summed E-state index contributed by atoms with van der Waals surface area (Å²) in [4.78, 5) is 26.3. The minimum atomic E-state index is -1.61. The highest BCUT2D eigenvalue weighted by molar-refractivity contribution is 7.82. The molecule has 0 bridgehead atoms. The number of benzene rings is 1. The molecule has 1 aromatic carbocycles. The van der Waals surface area contributed by atoms with Gasteiger partial charge in [0.15, 0.2) is 5.13 Å². The van der Waals surface area contributed by atoms with Crippen LogP contribution in [-0.2, 0) is 11.0 Å². The first kappa shape index (κ1) is 27.7. The average molecular weight is 531 g/mol. The van der Waals surface area contributed by atoms with Crippen molar-refractivity contribution in [2.75, 3.05) is 38.5 Å². The molecule has 3 aromatic rings. The van der Waals surface area contributed by atoms with Gasteiger partial charge >= 0.3 is 0 Å². The Balaban J connectivity index is 0.00000176. The number of nitrogens with two attached hydrogens (primary N) is 1. The Morgan fingerprint density at radius 1 is 1.17 bits per heavy atom. The van der Waals surface area contributed by atoms with E-state index in [-0.39, 0.29) is 12.0 Å². The normalized spacial score (nSPS) is 14.7. The Kier molecular flexibility index (Phi) is 9.94. The van der Waals surface area contributed by atoms with Gasteiger partial charge in [-0.25, -0.2) is 14.3 Å². The molecule has 194 valence electrons. The first-order valence-corrected chi connectivity index (χ1v) is 14.0. The molecule has 1 amide bonds. The van der Waals surface area contributed by atoms with Gasteiger partial charge in [-0.2, -0.15) is 0 Å². The monoisotopic (exact) mass is 530 g/mol. The van der Waals surface area contributed by atoms with E-state index in [0.717, 1.165) is 24.3 Å². The van der Waals surface area contributed by atoms with Gasteiger partial charge in [-0.3, -0.25) is 9.78 Å². The van der Waals surface area contributed by atoms with Crippen LogP contribution >= 0.6 is 11.3 Å². The summed E-state index contributed by atoms with van der Waals surface area (Å²) in [7, 11) is 0.448. The van der Waals surface area contributed by atoms with Crippen molar-refractivity contribution in [3.8, 4) is 17.0 Å². The highest BCUT2D eigenvalue weighted by Gasteiger charge is 2.21. The SMILES string of the molecule is CC.CC(C)Oc1ccc(S(N)=O)cc1Nc1nc(-c2ccc(C(=O)N3CCN(C)CC3)nc2)cs1. The number of rotatable bonds is 7. The zero-order valence-corrected chi connectivity index (χ0v) is 23.0. The fraction of sp³-hybridized carbons (Fsp3) is 0.400. The Morgan fingerprint density at radius 3 is 2.50 bits per heavy atom. The molecular formula is C25H34N6O3S2. The number of piperazine rings is 1. The second kappa shape index (κ2) is 12.9. The molecule has 11 heteroatoms. The fourth-order valence-corrected chi connectivity index (χ4v) is 4.68. The summed E-state index contributed by atoms with van der Waals surface area (Å²) in [6.07, 6.45) is 1.65. The molecule has 0 saturated carbocycles. The third kappa shape index (κ3) is 7.10. The summed E-state index contributed by atoms with van der Waals surface area (Å²) < 4.78 is 17.6. The lowest BCUT2D eigenvalue weighted by Gasteiger charge is -2.32. The van der Waals surface area contributed by atoms with Crippen molar-refractivity contribution in [2.24, 2.45) is 5.14 Å². The van der Waals surface area contributed by atoms with Gasteiger partial charge in [0.25, 0.3) is 5.91 Å². The molecule has 0 radical (unpaired) electrons. The van der Waals surface area contributed by atoms with Crippen LogP contribution in [0, 0.1) is 0 Å². The Labute approximate surface area is 219 Å². The number of carbonyl (C=O) groups excluding carboxylic acids is 1. The van der Waals surface area contributed by atoms with E-state index < -0.39 is 11.0 Å². The Hall–Kier alpha value is -2.86. The molecule has 1 saturated heterocycles. The molecule has 4 rings (SSSR count). The zero-order valence-electron chi connectivity index (χ0n) is 21.4. The maximum absolute atomic E-state index is 12.7. The van der Waals surface area contributed by atoms with Crippen molar-refractivity contribution in [2.45, 2.75) is 38.7 Å². The number of nitrogens with one attached hydrogen (secondary N) is 1. The minimum Gasteiger partial charge on any atom is -0.489 e. The van der Waals surface area contributed by atoms with Crippen LogP contribution in [0.15, 0.2) is 46.8 Å². The number of hydrogen-bond donors (Lipinski definition) is 2. The molecule has 2 aromatic heterocycles. The Morgan fingerprint density at radius 2 is 1.89 bits per heavy atom. The van der Waals surface area contributed by atoms with Gasteiger partial charge < -0.3 is 19.9 Å². The standard InChI is InChI=1S/C23H28N6O3S2.C2H6/c1-15(2)32-21-7-5-17(34(24)31)12-19(21)26-23-27-20(14-33-23)16-4-6-18(25-13-16)22(30)29-10-8-28(3)9-11-29;1-2/h4-7,12-15H,8-11,24H2,1-3H3,(H,26,27);1-2H3.